The molecule has 3 nitrogen and oxygen atoms in total. The molecule has 0 aliphatic rings. The first-order valence-electron chi connectivity index (χ1n) is 6.82. The van der Waals surface area contributed by atoms with Crippen LogP contribution in [0.5, 0.6) is 5.75 Å². The third-order valence-electron chi connectivity index (χ3n) is 2.87. The summed E-state index contributed by atoms with van der Waals surface area (Å²) in [7, 11) is 0. The van der Waals surface area contributed by atoms with Gasteiger partial charge in [0.25, 0.3) is 0 Å². The highest BCUT2D eigenvalue weighted by atomic mass is 16.5. The predicted molar refractivity (Wildman–Crippen MR) is 84.2 cm³/mol. The molecule has 0 saturated carbocycles. The molecule has 0 aliphatic heterocycles. The second-order valence-electron chi connectivity index (χ2n) is 4.54. The van der Waals surface area contributed by atoms with Gasteiger partial charge in [0, 0.05) is 17.7 Å². The number of para-hydroxylation sites is 1. The molecule has 0 radical (unpaired) electrons. The minimum atomic E-state index is -0.0409. The molecule has 0 heterocycles. The van der Waals surface area contributed by atoms with Crippen LogP contribution in [-0.4, -0.2) is 12.5 Å². The van der Waals surface area contributed by atoms with E-state index >= 15 is 0 Å². The lowest BCUT2D eigenvalue weighted by Gasteiger charge is -2.07. The van der Waals surface area contributed by atoms with E-state index in [1.165, 1.54) is 0 Å². The molecule has 0 aromatic heterocycles. The first kappa shape index (κ1) is 14.7. The van der Waals surface area contributed by atoms with E-state index in [9.17, 15) is 4.79 Å². The van der Waals surface area contributed by atoms with E-state index in [-0.39, 0.29) is 5.91 Å². The highest BCUT2D eigenvalue weighted by Gasteiger charge is 2.03. The Balaban J connectivity index is 1.71. The molecule has 0 unspecified atom stereocenters. The second kappa shape index (κ2) is 7.76. The maximum Gasteiger partial charge on any atom is 0.224 e. The van der Waals surface area contributed by atoms with Crippen molar-refractivity contribution >= 4 is 11.6 Å². The van der Waals surface area contributed by atoms with Gasteiger partial charge in [-0.1, -0.05) is 30.2 Å². The van der Waals surface area contributed by atoms with E-state index in [0.717, 1.165) is 17.0 Å². The summed E-state index contributed by atoms with van der Waals surface area (Å²) in [6.45, 7) is 0.516. The monoisotopic (exact) mass is 279 g/mol. The second-order valence-corrected chi connectivity index (χ2v) is 4.54. The van der Waals surface area contributed by atoms with E-state index < -0.39 is 0 Å². The number of nitrogens with one attached hydrogen (secondary N) is 1. The molecule has 0 aliphatic carbocycles. The summed E-state index contributed by atoms with van der Waals surface area (Å²) >= 11 is 0. The van der Waals surface area contributed by atoms with Crippen molar-refractivity contribution in [1.29, 1.82) is 0 Å². The van der Waals surface area contributed by atoms with Gasteiger partial charge in [0.15, 0.2) is 0 Å². The number of rotatable bonds is 6. The van der Waals surface area contributed by atoms with Crippen molar-refractivity contribution in [3.05, 3.63) is 60.2 Å². The van der Waals surface area contributed by atoms with Crippen LogP contribution in [0.1, 0.15) is 18.4 Å². The van der Waals surface area contributed by atoms with Crippen molar-refractivity contribution in [2.75, 3.05) is 11.9 Å². The van der Waals surface area contributed by atoms with Gasteiger partial charge in [-0.25, -0.2) is 0 Å². The maximum absolute atomic E-state index is 11.8. The van der Waals surface area contributed by atoms with Gasteiger partial charge >= 0.3 is 0 Å². The molecule has 3 heteroatoms. The number of ether oxygens (including phenoxy) is 1. The van der Waals surface area contributed by atoms with Gasteiger partial charge in [0.2, 0.25) is 5.91 Å². The number of carbonyl (C=O) groups is 1. The van der Waals surface area contributed by atoms with Crippen LogP contribution in [0.25, 0.3) is 0 Å². The fourth-order valence-electron chi connectivity index (χ4n) is 1.85. The van der Waals surface area contributed by atoms with Crippen LogP contribution >= 0.6 is 0 Å². The standard InChI is InChI=1S/C18H17NO2/c1-2-15-8-6-9-16(14-15)19-18(20)12-7-13-21-17-10-4-3-5-11-17/h1,3-6,8-11,14H,7,12-13H2,(H,19,20). The average molecular weight is 279 g/mol. The van der Waals surface area contributed by atoms with Crippen molar-refractivity contribution in [2.24, 2.45) is 0 Å². The molecule has 0 spiro atoms. The Hall–Kier alpha value is -2.73. The van der Waals surface area contributed by atoms with Gasteiger partial charge in [-0.2, -0.15) is 0 Å². The first-order chi connectivity index (χ1) is 10.3. The smallest absolute Gasteiger partial charge is 0.224 e. The number of anilines is 1. The molecule has 2 aromatic carbocycles. The predicted octanol–water partition coefficient (Wildman–Crippen LogP) is 3.47. The lowest BCUT2D eigenvalue weighted by atomic mass is 10.2. The van der Waals surface area contributed by atoms with Crippen molar-refractivity contribution in [2.45, 2.75) is 12.8 Å². The van der Waals surface area contributed by atoms with E-state index in [2.05, 4.69) is 11.2 Å². The van der Waals surface area contributed by atoms with Gasteiger partial charge < -0.3 is 10.1 Å². The Bertz CT molecular complexity index is 629. The van der Waals surface area contributed by atoms with Crippen molar-refractivity contribution in [3.63, 3.8) is 0 Å². The third-order valence-corrected chi connectivity index (χ3v) is 2.87. The van der Waals surface area contributed by atoms with Crippen LogP contribution < -0.4 is 10.1 Å². The summed E-state index contributed by atoms with van der Waals surface area (Å²) in [6.07, 6.45) is 6.40. The SMILES string of the molecule is C#Cc1cccc(NC(=O)CCCOc2ccccc2)c1. The largest absolute Gasteiger partial charge is 0.494 e. The number of amides is 1. The molecule has 1 amide bonds. The highest BCUT2D eigenvalue weighted by molar-refractivity contribution is 5.90. The highest BCUT2D eigenvalue weighted by Crippen LogP contribution is 2.11. The zero-order chi connectivity index (χ0) is 14.9. The minimum Gasteiger partial charge on any atom is -0.494 e. The quantitative estimate of drug-likeness (QED) is 0.649. The zero-order valence-electron chi connectivity index (χ0n) is 11.7. The lowest BCUT2D eigenvalue weighted by Crippen LogP contribution is -2.12. The first-order valence-corrected chi connectivity index (χ1v) is 6.82. The summed E-state index contributed by atoms with van der Waals surface area (Å²) in [5.41, 5.74) is 1.47. The zero-order valence-corrected chi connectivity index (χ0v) is 11.7. The van der Waals surface area contributed by atoms with E-state index in [0.29, 0.717) is 19.4 Å². The molecule has 2 aromatic rings. The Morgan fingerprint density at radius 3 is 2.71 bits per heavy atom. The van der Waals surface area contributed by atoms with Crippen LogP contribution in [-0.2, 0) is 4.79 Å². The van der Waals surface area contributed by atoms with Crippen molar-refractivity contribution in [1.82, 2.24) is 0 Å². The van der Waals surface area contributed by atoms with Crippen LogP contribution in [0.15, 0.2) is 54.6 Å². The van der Waals surface area contributed by atoms with Crippen molar-refractivity contribution in [3.8, 4) is 18.1 Å². The topological polar surface area (TPSA) is 38.3 Å². The molecule has 0 atom stereocenters. The Morgan fingerprint density at radius 1 is 1.14 bits per heavy atom. The molecule has 1 N–H and O–H groups in total. The van der Waals surface area contributed by atoms with Crippen LogP contribution in [0.3, 0.4) is 0 Å². The van der Waals surface area contributed by atoms with Crippen molar-refractivity contribution < 1.29 is 9.53 Å². The summed E-state index contributed by atoms with van der Waals surface area (Å²) in [5, 5.41) is 2.83. The molecular weight excluding hydrogens is 262 g/mol. The minimum absolute atomic E-state index is 0.0409. The summed E-state index contributed by atoms with van der Waals surface area (Å²) in [4.78, 5) is 11.8. The molecular formula is C18H17NO2. The molecule has 2 rings (SSSR count). The Kier molecular flexibility index (Phi) is 5.42. The lowest BCUT2D eigenvalue weighted by molar-refractivity contribution is -0.116. The van der Waals surface area contributed by atoms with Gasteiger partial charge in [0.1, 0.15) is 5.75 Å². The number of hydrogen-bond acceptors (Lipinski definition) is 2. The molecule has 0 saturated heterocycles. The Labute approximate surface area is 125 Å². The fourth-order valence-corrected chi connectivity index (χ4v) is 1.85. The number of terminal acetylenes is 1. The molecule has 0 bridgehead atoms. The van der Waals surface area contributed by atoms with Gasteiger partial charge in [-0.05, 0) is 36.8 Å². The third kappa shape index (κ3) is 5.04. The molecule has 21 heavy (non-hydrogen) atoms. The summed E-state index contributed by atoms with van der Waals surface area (Å²) < 4.78 is 5.54. The molecule has 0 fully saturated rings. The number of hydrogen-bond donors (Lipinski definition) is 1. The van der Waals surface area contributed by atoms with E-state index in [1.54, 1.807) is 6.07 Å². The maximum atomic E-state index is 11.8. The average Bonchev–Trinajstić information content (AvgIpc) is 2.53. The summed E-state index contributed by atoms with van der Waals surface area (Å²) in [5.74, 6) is 3.32. The summed E-state index contributed by atoms with van der Waals surface area (Å²) in [6, 6.07) is 16.8. The fraction of sp³-hybridized carbons (Fsp3) is 0.167. The number of benzene rings is 2. The van der Waals surface area contributed by atoms with Crippen LogP contribution in [0.2, 0.25) is 0 Å². The Morgan fingerprint density at radius 2 is 1.95 bits per heavy atom. The van der Waals surface area contributed by atoms with Gasteiger partial charge in [-0.15, -0.1) is 6.42 Å². The van der Waals surface area contributed by atoms with Crippen LogP contribution in [0.4, 0.5) is 5.69 Å². The molecule has 106 valence electrons. The van der Waals surface area contributed by atoms with Gasteiger partial charge in [-0.3, -0.25) is 4.79 Å². The van der Waals surface area contributed by atoms with Gasteiger partial charge in [0.05, 0.1) is 6.61 Å². The van der Waals surface area contributed by atoms with E-state index in [1.807, 2.05) is 48.5 Å². The normalized spacial score (nSPS) is 9.67. The van der Waals surface area contributed by atoms with E-state index in [4.69, 9.17) is 11.2 Å². The number of carbonyl (C=O) groups excluding carboxylic acids is 1. The van der Waals surface area contributed by atoms with Crippen LogP contribution in [0, 0.1) is 12.3 Å².